The molecule has 1 unspecified atom stereocenters. The summed E-state index contributed by atoms with van der Waals surface area (Å²) in [6.45, 7) is 7.17. The van der Waals surface area contributed by atoms with Crippen molar-refractivity contribution in [1.82, 2.24) is 15.1 Å². The van der Waals surface area contributed by atoms with Crippen molar-refractivity contribution in [2.24, 2.45) is 11.8 Å². The largest absolute Gasteiger partial charge is 0.370 e. The summed E-state index contributed by atoms with van der Waals surface area (Å²) in [5.41, 5.74) is 1.02. The standard InChI is InChI=1S/C15H24N4O/c1-12-3-6-18(7-4-12)14-8-15(20)19(17-10-14)11-13-2-5-16-9-13/h8,10,12-13,16H,2-7,9,11H2,1H3. The second-order valence-corrected chi connectivity index (χ2v) is 6.26. The Balaban J connectivity index is 1.68. The highest BCUT2D eigenvalue weighted by Gasteiger charge is 2.19. The number of hydrogen-bond acceptors (Lipinski definition) is 4. The minimum Gasteiger partial charge on any atom is -0.370 e. The van der Waals surface area contributed by atoms with E-state index in [2.05, 4.69) is 22.2 Å². The Kier molecular flexibility index (Phi) is 4.05. The fourth-order valence-corrected chi connectivity index (χ4v) is 3.12. The van der Waals surface area contributed by atoms with Crippen LogP contribution in [0.1, 0.15) is 26.2 Å². The Bertz CT molecular complexity index is 499. The van der Waals surface area contributed by atoms with Crippen LogP contribution in [0.4, 0.5) is 5.69 Å². The number of anilines is 1. The minimum absolute atomic E-state index is 0.0352. The molecule has 5 nitrogen and oxygen atoms in total. The van der Waals surface area contributed by atoms with Crippen molar-refractivity contribution in [3.8, 4) is 0 Å². The molecule has 0 saturated carbocycles. The van der Waals surface area contributed by atoms with Gasteiger partial charge in [-0.2, -0.15) is 5.10 Å². The molecule has 3 heterocycles. The second kappa shape index (κ2) is 5.95. The zero-order valence-corrected chi connectivity index (χ0v) is 12.2. The normalized spacial score (nSPS) is 24.2. The molecule has 2 aliphatic rings. The van der Waals surface area contributed by atoms with E-state index in [1.165, 1.54) is 12.8 Å². The van der Waals surface area contributed by atoms with Crippen molar-refractivity contribution in [2.75, 3.05) is 31.1 Å². The van der Waals surface area contributed by atoms with E-state index in [4.69, 9.17) is 0 Å². The van der Waals surface area contributed by atoms with Gasteiger partial charge < -0.3 is 10.2 Å². The van der Waals surface area contributed by atoms with Gasteiger partial charge in [-0.3, -0.25) is 4.79 Å². The third-order valence-electron chi connectivity index (χ3n) is 4.60. The Hall–Kier alpha value is -1.36. The predicted octanol–water partition coefficient (Wildman–Crippen LogP) is 1.09. The van der Waals surface area contributed by atoms with Crippen LogP contribution in [-0.4, -0.2) is 36.0 Å². The molecule has 2 saturated heterocycles. The molecule has 0 radical (unpaired) electrons. The number of rotatable bonds is 3. The van der Waals surface area contributed by atoms with E-state index < -0.39 is 0 Å². The highest BCUT2D eigenvalue weighted by molar-refractivity contribution is 5.43. The molecular weight excluding hydrogens is 252 g/mol. The van der Waals surface area contributed by atoms with Crippen molar-refractivity contribution in [3.05, 3.63) is 22.6 Å². The minimum atomic E-state index is 0.0352. The summed E-state index contributed by atoms with van der Waals surface area (Å²) in [5.74, 6) is 1.34. The molecule has 0 amide bonds. The molecule has 0 aromatic carbocycles. The number of piperidine rings is 1. The molecule has 1 atom stereocenters. The van der Waals surface area contributed by atoms with Crippen LogP contribution in [0, 0.1) is 11.8 Å². The lowest BCUT2D eigenvalue weighted by Crippen LogP contribution is -2.35. The van der Waals surface area contributed by atoms with E-state index in [9.17, 15) is 4.79 Å². The zero-order chi connectivity index (χ0) is 13.9. The first-order valence-corrected chi connectivity index (χ1v) is 7.75. The highest BCUT2D eigenvalue weighted by atomic mass is 16.1. The van der Waals surface area contributed by atoms with Gasteiger partial charge in [0.15, 0.2) is 0 Å². The van der Waals surface area contributed by atoms with Crippen LogP contribution in [-0.2, 0) is 6.54 Å². The lowest BCUT2D eigenvalue weighted by Gasteiger charge is -2.31. The van der Waals surface area contributed by atoms with Gasteiger partial charge in [-0.05, 0) is 44.2 Å². The number of hydrogen-bond donors (Lipinski definition) is 1. The van der Waals surface area contributed by atoms with Crippen LogP contribution >= 0.6 is 0 Å². The maximum Gasteiger partial charge on any atom is 0.268 e. The molecule has 0 bridgehead atoms. The van der Waals surface area contributed by atoms with E-state index in [1.54, 1.807) is 10.7 Å². The van der Waals surface area contributed by atoms with Crippen molar-refractivity contribution < 1.29 is 0 Å². The number of aromatic nitrogens is 2. The summed E-state index contributed by atoms with van der Waals surface area (Å²) in [6, 6.07) is 1.76. The molecule has 20 heavy (non-hydrogen) atoms. The monoisotopic (exact) mass is 276 g/mol. The van der Waals surface area contributed by atoms with E-state index >= 15 is 0 Å². The Morgan fingerprint density at radius 3 is 2.80 bits per heavy atom. The number of nitrogens with zero attached hydrogens (tertiary/aromatic N) is 3. The molecule has 2 fully saturated rings. The molecule has 5 heteroatoms. The third kappa shape index (κ3) is 3.03. The lowest BCUT2D eigenvalue weighted by atomic mass is 9.99. The SMILES string of the molecule is CC1CCN(c2cnn(CC3CCNC3)c(=O)c2)CC1. The molecule has 1 aromatic heterocycles. The summed E-state index contributed by atoms with van der Waals surface area (Å²) in [6.07, 6.45) is 5.41. The zero-order valence-electron chi connectivity index (χ0n) is 12.2. The van der Waals surface area contributed by atoms with Gasteiger partial charge in [0, 0.05) is 25.7 Å². The first-order chi connectivity index (χ1) is 9.72. The lowest BCUT2D eigenvalue weighted by molar-refractivity contribution is 0.427. The Morgan fingerprint density at radius 2 is 2.15 bits per heavy atom. The molecule has 1 aromatic rings. The van der Waals surface area contributed by atoms with Crippen LogP contribution in [0.5, 0.6) is 0 Å². The first-order valence-electron chi connectivity index (χ1n) is 7.75. The van der Waals surface area contributed by atoms with Gasteiger partial charge in [-0.1, -0.05) is 6.92 Å². The highest BCUT2D eigenvalue weighted by Crippen LogP contribution is 2.21. The van der Waals surface area contributed by atoms with Gasteiger partial charge in [-0.25, -0.2) is 4.68 Å². The summed E-state index contributed by atoms with van der Waals surface area (Å²) in [7, 11) is 0. The number of nitrogens with one attached hydrogen (secondary N) is 1. The average Bonchev–Trinajstić information content (AvgIpc) is 2.95. The van der Waals surface area contributed by atoms with Gasteiger partial charge in [0.25, 0.3) is 5.56 Å². The average molecular weight is 276 g/mol. The Morgan fingerprint density at radius 1 is 1.35 bits per heavy atom. The second-order valence-electron chi connectivity index (χ2n) is 6.26. The van der Waals surface area contributed by atoms with Crippen LogP contribution in [0.3, 0.4) is 0 Å². The Labute approximate surface area is 120 Å². The van der Waals surface area contributed by atoms with Gasteiger partial charge in [0.1, 0.15) is 0 Å². The quantitative estimate of drug-likeness (QED) is 0.898. The van der Waals surface area contributed by atoms with Gasteiger partial charge in [0.05, 0.1) is 11.9 Å². The van der Waals surface area contributed by atoms with Crippen LogP contribution < -0.4 is 15.8 Å². The third-order valence-corrected chi connectivity index (χ3v) is 4.60. The van der Waals surface area contributed by atoms with Crippen molar-refractivity contribution in [2.45, 2.75) is 32.7 Å². The van der Waals surface area contributed by atoms with E-state index in [-0.39, 0.29) is 5.56 Å². The van der Waals surface area contributed by atoms with Gasteiger partial charge >= 0.3 is 0 Å². The molecule has 0 aliphatic carbocycles. The van der Waals surface area contributed by atoms with Crippen molar-refractivity contribution in [1.29, 1.82) is 0 Å². The summed E-state index contributed by atoms with van der Waals surface area (Å²) >= 11 is 0. The summed E-state index contributed by atoms with van der Waals surface area (Å²) in [5, 5.41) is 7.70. The smallest absolute Gasteiger partial charge is 0.268 e. The first kappa shape index (κ1) is 13.6. The van der Waals surface area contributed by atoms with Crippen molar-refractivity contribution >= 4 is 5.69 Å². The maximum absolute atomic E-state index is 12.2. The van der Waals surface area contributed by atoms with Crippen molar-refractivity contribution in [3.63, 3.8) is 0 Å². The van der Waals surface area contributed by atoms with E-state index in [0.29, 0.717) is 5.92 Å². The predicted molar refractivity (Wildman–Crippen MR) is 80.1 cm³/mol. The van der Waals surface area contributed by atoms with Gasteiger partial charge in [-0.15, -0.1) is 0 Å². The van der Waals surface area contributed by atoms with Crippen LogP contribution in [0.15, 0.2) is 17.1 Å². The maximum atomic E-state index is 12.2. The van der Waals surface area contributed by atoms with Gasteiger partial charge in [0.2, 0.25) is 0 Å². The van der Waals surface area contributed by atoms with E-state index in [1.807, 2.05) is 6.20 Å². The van der Waals surface area contributed by atoms with E-state index in [0.717, 1.165) is 50.7 Å². The summed E-state index contributed by atoms with van der Waals surface area (Å²) in [4.78, 5) is 14.5. The fraction of sp³-hybridized carbons (Fsp3) is 0.733. The molecule has 3 rings (SSSR count). The van der Waals surface area contributed by atoms with Crippen LogP contribution in [0.2, 0.25) is 0 Å². The molecule has 110 valence electrons. The molecule has 1 N–H and O–H groups in total. The van der Waals surface area contributed by atoms with Crippen LogP contribution in [0.25, 0.3) is 0 Å². The fourth-order valence-electron chi connectivity index (χ4n) is 3.12. The topological polar surface area (TPSA) is 50.2 Å². The molecular formula is C15H24N4O. The summed E-state index contributed by atoms with van der Waals surface area (Å²) < 4.78 is 1.62. The molecule has 2 aliphatic heterocycles. The molecule has 0 spiro atoms.